The zero-order valence-electron chi connectivity index (χ0n) is 14.6. The second-order valence-electron chi connectivity index (χ2n) is 5.92. The van der Waals surface area contributed by atoms with Crippen LogP contribution in [0.2, 0.25) is 0 Å². The molecule has 0 aliphatic heterocycles. The van der Waals surface area contributed by atoms with Gasteiger partial charge >= 0.3 is 0 Å². The van der Waals surface area contributed by atoms with E-state index in [2.05, 4.69) is 5.32 Å². The second-order valence-corrected chi connectivity index (χ2v) is 5.92. The van der Waals surface area contributed by atoms with Crippen molar-refractivity contribution in [1.82, 2.24) is 5.32 Å². The molecule has 0 saturated heterocycles. The van der Waals surface area contributed by atoms with E-state index in [-0.39, 0.29) is 30.7 Å². The van der Waals surface area contributed by atoms with Gasteiger partial charge in [-0.25, -0.2) is 4.39 Å². The van der Waals surface area contributed by atoms with Crippen molar-refractivity contribution >= 4 is 23.2 Å². The van der Waals surface area contributed by atoms with Gasteiger partial charge < -0.3 is 15.1 Å². The van der Waals surface area contributed by atoms with E-state index < -0.39 is 0 Å². The number of anilines is 2. The molecule has 2 rings (SSSR count). The van der Waals surface area contributed by atoms with Crippen LogP contribution in [0.3, 0.4) is 0 Å². The smallest absolute Gasteiger partial charge is 0.240 e. The summed E-state index contributed by atoms with van der Waals surface area (Å²) in [6.07, 6.45) is 0. The van der Waals surface area contributed by atoms with Crippen LogP contribution >= 0.6 is 0 Å². The summed E-state index contributed by atoms with van der Waals surface area (Å²) in [4.78, 5) is 27.4. The van der Waals surface area contributed by atoms with Gasteiger partial charge in [-0.1, -0.05) is 12.1 Å². The highest BCUT2D eigenvalue weighted by Crippen LogP contribution is 2.19. The van der Waals surface area contributed by atoms with Crippen molar-refractivity contribution in [3.63, 3.8) is 0 Å². The van der Waals surface area contributed by atoms with Crippen molar-refractivity contribution in [1.29, 1.82) is 0 Å². The average molecular weight is 343 g/mol. The van der Waals surface area contributed by atoms with E-state index in [1.165, 1.54) is 24.0 Å². The van der Waals surface area contributed by atoms with E-state index in [0.717, 1.165) is 11.3 Å². The highest BCUT2D eigenvalue weighted by Gasteiger charge is 2.15. The number of carbonyl (C=O) groups excluding carboxylic acids is 2. The molecule has 25 heavy (non-hydrogen) atoms. The lowest BCUT2D eigenvalue weighted by atomic mass is 10.2. The van der Waals surface area contributed by atoms with Gasteiger partial charge in [0.25, 0.3) is 0 Å². The molecule has 2 aromatic rings. The van der Waals surface area contributed by atoms with Crippen molar-refractivity contribution < 1.29 is 14.0 Å². The zero-order valence-corrected chi connectivity index (χ0v) is 14.6. The van der Waals surface area contributed by atoms with Crippen LogP contribution < -0.4 is 15.1 Å². The summed E-state index contributed by atoms with van der Waals surface area (Å²) in [5, 5.41) is 2.74. The number of halogens is 1. The highest BCUT2D eigenvalue weighted by molar-refractivity contribution is 5.97. The molecule has 0 radical (unpaired) electrons. The first kappa shape index (κ1) is 18.4. The van der Waals surface area contributed by atoms with Gasteiger partial charge in [-0.15, -0.1) is 0 Å². The van der Waals surface area contributed by atoms with E-state index >= 15 is 0 Å². The lowest BCUT2D eigenvalue weighted by molar-refractivity contribution is -0.123. The van der Waals surface area contributed by atoms with Gasteiger partial charge in [0, 0.05) is 38.9 Å². The highest BCUT2D eigenvalue weighted by atomic mass is 19.1. The molecule has 0 fully saturated rings. The fraction of sp³-hybridized carbons (Fsp3) is 0.263. The zero-order chi connectivity index (χ0) is 18.4. The third kappa shape index (κ3) is 5.31. The number of hydrogen-bond acceptors (Lipinski definition) is 3. The number of rotatable bonds is 6. The third-order valence-electron chi connectivity index (χ3n) is 3.76. The molecule has 0 bridgehead atoms. The first-order chi connectivity index (χ1) is 11.9. The van der Waals surface area contributed by atoms with Crippen LogP contribution in [0.5, 0.6) is 0 Å². The molecule has 132 valence electrons. The van der Waals surface area contributed by atoms with Gasteiger partial charge in [-0.3, -0.25) is 9.59 Å². The number of amides is 2. The van der Waals surface area contributed by atoms with E-state index in [1.54, 1.807) is 12.1 Å². The van der Waals surface area contributed by atoms with Crippen LogP contribution in [-0.2, 0) is 16.1 Å². The maximum Gasteiger partial charge on any atom is 0.240 e. The van der Waals surface area contributed by atoms with Crippen LogP contribution in [0, 0.1) is 5.82 Å². The lowest BCUT2D eigenvalue weighted by Crippen LogP contribution is -2.39. The first-order valence-corrected chi connectivity index (χ1v) is 7.93. The number of hydrogen-bond donors (Lipinski definition) is 1. The van der Waals surface area contributed by atoms with Crippen LogP contribution in [0.15, 0.2) is 48.5 Å². The summed E-state index contributed by atoms with van der Waals surface area (Å²) in [6, 6.07) is 13.3. The molecule has 2 aromatic carbocycles. The van der Waals surface area contributed by atoms with Gasteiger partial charge in [0.1, 0.15) is 12.4 Å². The Morgan fingerprint density at radius 2 is 1.52 bits per heavy atom. The van der Waals surface area contributed by atoms with Crippen molar-refractivity contribution in [3.05, 3.63) is 59.9 Å². The Morgan fingerprint density at radius 3 is 2.04 bits per heavy atom. The van der Waals surface area contributed by atoms with Crippen molar-refractivity contribution in [2.24, 2.45) is 0 Å². The minimum atomic E-state index is -0.320. The maximum absolute atomic E-state index is 12.9. The van der Waals surface area contributed by atoms with Gasteiger partial charge in [0.15, 0.2) is 0 Å². The van der Waals surface area contributed by atoms with Crippen LogP contribution in [0.25, 0.3) is 0 Å². The average Bonchev–Trinajstić information content (AvgIpc) is 2.59. The predicted molar refractivity (Wildman–Crippen MR) is 97.0 cm³/mol. The molecule has 0 unspecified atom stereocenters. The topological polar surface area (TPSA) is 52.7 Å². The first-order valence-electron chi connectivity index (χ1n) is 7.93. The number of benzene rings is 2. The van der Waals surface area contributed by atoms with Crippen LogP contribution in [0.4, 0.5) is 15.8 Å². The quantitative estimate of drug-likeness (QED) is 0.877. The second kappa shape index (κ2) is 8.28. The largest absolute Gasteiger partial charge is 0.378 e. The van der Waals surface area contributed by atoms with Crippen LogP contribution in [0.1, 0.15) is 12.5 Å². The molecule has 0 atom stereocenters. The SMILES string of the molecule is CC(=O)N(CC(=O)NCc1ccc(F)cc1)c1ccc(N(C)C)cc1. The van der Waals surface area contributed by atoms with E-state index in [0.29, 0.717) is 5.69 Å². The molecular weight excluding hydrogens is 321 g/mol. The Labute approximate surface area is 147 Å². The summed E-state index contributed by atoms with van der Waals surface area (Å²) in [5.74, 6) is -0.815. The molecule has 0 aliphatic rings. The molecule has 0 saturated carbocycles. The molecule has 0 aliphatic carbocycles. The molecule has 6 heteroatoms. The molecule has 2 amide bonds. The number of nitrogens with zero attached hydrogens (tertiary/aromatic N) is 2. The van der Waals surface area contributed by atoms with Gasteiger partial charge in [0.05, 0.1) is 0 Å². The molecule has 1 N–H and O–H groups in total. The Morgan fingerprint density at radius 1 is 0.960 bits per heavy atom. The van der Waals surface area contributed by atoms with Crippen molar-refractivity contribution in [2.45, 2.75) is 13.5 Å². The van der Waals surface area contributed by atoms with Gasteiger partial charge in [-0.05, 0) is 42.0 Å². The van der Waals surface area contributed by atoms with Crippen molar-refractivity contribution in [3.8, 4) is 0 Å². The minimum absolute atomic E-state index is 0.0716. The number of carbonyl (C=O) groups is 2. The van der Waals surface area contributed by atoms with Crippen molar-refractivity contribution in [2.75, 3.05) is 30.4 Å². The monoisotopic (exact) mass is 343 g/mol. The number of nitrogens with one attached hydrogen (secondary N) is 1. The molecular formula is C19H22FN3O2. The standard InChI is InChI=1S/C19H22FN3O2/c1-14(24)23(18-10-8-17(9-11-18)22(2)3)13-19(25)21-12-15-4-6-16(20)7-5-15/h4-11H,12-13H2,1-3H3,(H,21,25). The van der Waals surface area contributed by atoms with E-state index in [1.807, 2.05) is 43.3 Å². The van der Waals surface area contributed by atoms with Gasteiger partial charge in [-0.2, -0.15) is 0 Å². The molecule has 0 aromatic heterocycles. The Balaban J connectivity index is 1.99. The predicted octanol–water partition coefficient (Wildman–Crippen LogP) is 2.56. The Kier molecular flexibility index (Phi) is 6.11. The summed E-state index contributed by atoms with van der Waals surface area (Å²) >= 11 is 0. The lowest BCUT2D eigenvalue weighted by Gasteiger charge is -2.22. The fourth-order valence-electron chi connectivity index (χ4n) is 2.32. The van der Waals surface area contributed by atoms with Gasteiger partial charge in [0.2, 0.25) is 11.8 Å². The Bertz CT molecular complexity index is 727. The van der Waals surface area contributed by atoms with E-state index in [9.17, 15) is 14.0 Å². The molecule has 0 spiro atoms. The summed E-state index contributed by atoms with van der Waals surface area (Å²) in [7, 11) is 3.86. The summed E-state index contributed by atoms with van der Waals surface area (Å²) in [6.45, 7) is 1.63. The molecule has 0 heterocycles. The third-order valence-corrected chi connectivity index (χ3v) is 3.76. The minimum Gasteiger partial charge on any atom is -0.378 e. The summed E-state index contributed by atoms with van der Waals surface area (Å²) in [5.41, 5.74) is 2.46. The maximum atomic E-state index is 12.9. The summed E-state index contributed by atoms with van der Waals surface area (Å²) < 4.78 is 12.9. The van der Waals surface area contributed by atoms with Crippen LogP contribution in [-0.4, -0.2) is 32.5 Å². The fourth-order valence-corrected chi connectivity index (χ4v) is 2.32. The Hall–Kier alpha value is -2.89. The molecule has 5 nitrogen and oxygen atoms in total. The normalized spacial score (nSPS) is 10.2. The van der Waals surface area contributed by atoms with E-state index in [4.69, 9.17) is 0 Å².